The summed E-state index contributed by atoms with van der Waals surface area (Å²) >= 11 is -4.73. The maximum absolute atomic E-state index is 4.73. The minimum absolute atomic E-state index is 0.397. The van der Waals surface area contributed by atoms with Crippen LogP contribution >= 0.6 is 0 Å². The molecule has 0 N–H and O–H groups in total. The molecular formula is C29H34SiTi. The Balaban J connectivity index is 2.01. The number of fused-ring (bicyclic) bond motifs is 2. The van der Waals surface area contributed by atoms with Crippen molar-refractivity contribution in [2.75, 3.05) is 0 Å². The van der Waals surface area contributed by atoms with Gasteiger partial charge in [0.25, 0.3) is 0 Å². The van der Waals surface area contributed by atoms with Crippen LogP contribution in [0.4, 0.5) is 0 Å². The third-order valence-corrected chi connectivity index (χ3v) is 30.2. The third-order valence-electron chi connectivity index (χ3n) is 9.23. The van der Waals surface area contributed by atoms with Gasteiger partial charge in [-0.25, -0.2) is 0 Å². The second kappa shape index (κ2) is 5.52. The van der Waals surface area contributed by atoms with Gasteiger partial charge in [0.2, 0.25) is 0 Å². The summed E-state index contributed by atoms with van der Waals surface area (Å²) < 4.78 is 2.35. The quantitative estimate of drug-likeness (QED) is 0.368. The first-order chi connectivity index (χ1) is 14.4. The van der Waals surface area contributed by atoms with Crippen LogP contribution < -0.4 is 3.87 Å². The Kier molecular flexibility index (Phi) is 3.73. The number of rotatable bonds is 3. The third kappa shape index (κ3) is 2.46. The molecule has 2 heteroatoms. The number of hydrogen-bond acceptors (Lipinski definition) is 0. The van der Waals surface area contributed by atoms with E-state index in [9.17, 15) is 0 Å². The normalized spacial score (nSPS) is 23.5. The predicted molar refractivity (Wildman–Crippen MR) is 138 cm³/mol. The van der Waals surface area contributed by atoms with Crippen molar-refractivity contribution in [3.63, 3.8) is 0 Å². The minimum atomic E-state index is -4.73. The van der Waals surface area contributed by atoms with Gasteiger partial charge in [-0.3, -0.25) is 0 Å². The van der Waals surface area contributed by atoms with Gasteiger partial charge in [-0.15, -0.1) is 0 Å². The van der Waals surface area contributed by atoms with E-state index in [0.29, 0.717) is 8.45 Å². The summed E-state index contributed by atoms with van der Waals surface area (Å²) in [6.07, 6.45) is 4.91. The summed E-state index contributed by atoms with van der Waals surface area (Å²) in [7, 11) is 2.40. The number of benzene rings is 3. The zero-order valence-electron chi connectivity index (χ0n) is 19.5. The molecule has 5 rings (SSSR count). The van der Waals surface area contributed by atoms with Gasteiger partial charge < -0.3 is 0 Å². The average Bonchev–Trinajstić information content (AvgIpc) is 3.25. The standard InChI is InChI=1S/2C10H9.C6H5.3CH3.H2Si.Ti/c2*1-8-6-9-4-2-3-5-10(9)7-8;1-2-4-6-5-3-1;;;;;/h2*2-7H,1H3;1-5H;3*1H3;1H2;. The van der Waals surface area contributed by atoms with E-state index in [2.05, 4.69) is 128 Å². The SMILES string of the molecule is CC1=Cc2ccccc2[CH]1[Ti]([CH3])([CH3])([CH3])(=[SiH2])([c]1ccccc1)[CH]1C(C)=Cc2ccccc21. The fourth-order valence-corrected chi connectivity index (χ4v) is 30.7. The van der Waals surface area contributed by atoms with Gasteiger partial charge in [0, 0.05) is 0 Å². The summed E-state index contributed by atoms with van der Waals surface area (Å²) in [5, 5.41) is 8.21. The van der Waals surface area contributed by atoms with Crippen LogP contribution in [-0.2, 0) is 11.5 Å². The van der Waals surface area contributed by atoms with Gasteiger partial charge >= 0.3 is 185 Å². The summed E-state index contributed by atoms with van der Waals surface area (Å²) in [6, 6.07) is 29.8. The molecule has 0 aromatic heterocycles. The van der Waals surface area contributed by atoms with Gasteiger partial charge in [-0.1, -0.05) is 0 Å². The van der Waals surface area contributed by atoms with E-state index < -0.39 is 11.5 Å². The molecule has 3 aromatic rings. The topological polar surface area (TPSA) is 0 Å². The molecule has 0 heterocycles. The van der Waals surface area contributed by atoms with Crippen LogP contribution in [0.25, 0.3) is 12.2 Å². The first kappa shape index (κ1) is 20.9. The van der Waals surface area contributed by atoms with Crippen molar-refractivity contribution in [3.05, 3.63) is 112 Å². The van der Waals surface area contributed by atoms with E-state index in [1.807, 2.05) is 0 Å². The van der Waals surface area contributed by atoms with Crippen LogP contribution in [-0.4, -0.2) is 7.63 Å². The molecule has 0 spiro atoms. The van der Waals surface area contributed by atoms with E-state index in [4.69, 9.17) is 0 Å². The van der Waals surface area contributed by atoms with Crippen molar-refractivity contribution in [1.82, 2.24) is 0 Å². The Hall–Kier alpha value is -1.93. The van der Waals surface area contributed by atoms with Crippen molar-refractivity contribution >= 4 is 23.7 Å². The molecule has 0 nitrogen and oxygen atoms in total. The van der Waals surface area contributed by atoms with Gasteiger partial charge in [0.05, 0.1) is 0 Å². The molecule has 2 unspecified atom stereocenters. The Morgan fingerprint density at radius 2 is 0.968 bits per heavy atom. The van der Waals surface area contributed by atoms with Gasteiger partial charge in [0.1, 0.15) is 0 Å². The van der Waals surface area contributed by atoms with E-state index >= 15 is 0 Å². The summed E-state index contributed by atoms with van der Waals surface area (Å²) in [5.41, 5.74) is 8.85. The zero-order chi connectivity index (χ0) is 22.2. The first-order valence-corrected chi connectivity index (χ1v) is 22.8. The summed E-state index contributed by atoms with van der Waals surface area (Å²) in [5.74, 6) is 0. The van der Waals surface area contributed by atoms with Gasteiger partial charge in [-0.2, -0.15) is 0 Å². The van der Waals surface area contributed by atoms with Crippen molar-refractivity contribution in [2.24, 2.45) is 0 Å². The van der Waals surface area contributed by atoms with Crippen LogP contribution in [0.15, 0.2) is 90.0 Å². The molecule has 3 aromatic carbocycles. The molecule has 0 amide bonds. The molecule has 0 fully saturated rings. The zero-order valence-corrected chi connectivity index (χ0v) is 22.5. The fraction of sp³-hybridized carbons (Fsp3) is 0.241. The second-order valence-electron chi connectivity index (χ2n) is 13.3. The Morgan fingerprint density at radius 1 is 0.581 bits per heavy atom. The maximum atomic E-state index is 2.74. The molecule has 0 saturated heterocycles. The molecule has 2 aliphatic rings. The van der Waals surface area contributed by atoms with Crippen molar-refractivity contribution < 1.29 is 11.5 Å². The monoisotopic (exact) mass is 458 g/mol. The van der Waals surface area contributed by atoms with Crippen LogP contribution in [0.5, 0.6) is 0 Å². The van der Waals surface area contributed by atoms with Crippen molar-refractivity contribution in [1.29, 1.82) is 0 Å². The Morgan fingerprint density at radius 3 is 1.42 bits per heavy atom. The number of hydrogen-bond donors (Lipinski definition) is 0. The van der Waals surface area contributed by atoms with Crippen LogP contribution in [0.3, 0.4) is 0 Å². The summed E-state index contributed by atoms with van der Waals surface area (Å²) in [6.45, 7) is 4.75. The predicted octanol–water partition coefficient (Wildman–Crippen LogP) is 7.08. The first-order valence-electron chi connectivity index (χ1n) is 11.6. The molecule has 31 heavy (non-hydrogen) atoms. The molecule has 0 aliphatic heterocycles. The van der Waals surface area contributed by atoms with Gasteiger partial charge in [-0.05, 0) is 0 Å². The van der Waals surface area contributed by atoms with Crippen molar-refractivity contribution in [2.45, 2.75) is 38.0 Å². The molecule has 0 radical (unpaired) electrons. The van der Waals surface area contributed by atoms with E-state index in [1.165, 1.54) is 33.4 Å². The number of allylic oxidation sites excluding steroid dienone is 2. The molecule has 0 bridgehead atoms. The van der Waals surface area contributed by atoms with E-state index in [0.717, 1.165) is 0 Å². The van der Waals surface area contributed by atoms with E-state index in [-0.39, 0.29) is 0 Å². The summed E-state index contributed by atoms with van der Waals surface area (Å²) in [4.78, 5) is 0. The molecule has 0 saturated carbocycles. The molecule has 2 aliphatic carbocycles. The fourth-order valence-electron chi connectivity index (χ4n) is 8.37. The molecule has 2 atom stereocenters. The Labute approximate surface area is 184 Å². The Bertz CT molecular complexity index is 1350. The molecule has 158 valence electrons. The van der Waals surface area contributed by atoms with Crippen LogP contribution in [0.2, 0.25) is 15.7 Å². The van der Waals surface area contributed by atoms with E-state index in [1.54, 1.807) is 3.87 Å². The van der Waals surface area contributed by atoms with Crippen molar-refractivity contribution in [3.8, 4) is 0 Å². The average molecular weight is 459 g/mol. The van der Waals surface area contributed by atoms with Crippen LogP contribution in [0, 0.1) is 0 Å². The van der Waals surface area contributed by atoms with Crippen LogP contribution in [0.1, 0.15) is 44.5 Å². The second-order valence-corrected chi connectivity index (χ2v) is 48.6. The molecular weight excluding hydrogens is 424 g/mol. The van der Waals surface area contributed by atoms with Gasteiger partial charge in [0.15, 0.2) is 0 Å².